The van der Waals surface area contributed by atoms with Gasteiger partial charge in [-0.15, -0.1) is 0 Å². The molecule has 8 nitrogen and oxygen atoms in total. The zero-order chi connectivity index (χ0) is 21.9. The minimum absolute atomic E-state index is 0.160. The van der Waals surface area contributed by atoms with E-state index in [1.807, 2.05) is 13.8 Å². The number of nitrogens with zero attached hydrogens (tertiary/aromatic N) is 1. The van der Waals surface area contributed by atoms with Gasteiger partial charge in [-0.05, 0) is 74.1 Å². The van der Waals surface area contributed by atoms with Crippen molar-refractivity contribution in [2.75, 3.05) is 26.1 Å². The van der Waals surface area contributed by atoms with E-state index in [9.17, 15) is 4.79 Å². The summed E-state index contributed by atoms with van der Waals surface area (Å²) < 4.78 is 16.0. The fourth-order valence-corrected chi connectivity index (χ4v) is 2.65. The lowest BCUT2D eigenvalue weighted by Crippen LogP contribution is -2.36. The third-order valence-electron chi connectivity index (χ3n) is 3.72. The first-order chi connectivity index (χ1) is 14.4. The van der Waals surface area contributed by atoms with Crippen LogP contribution in [-0.2, 0) is 4.79 Å². The van der Waals surface area contributed by atoms with Gasteiger partial charge < -0.3 is 24.8 Å². The molecule has 0 heterocycles. The normalized spacial score (nSPS) is 10.6. The summed E-state index contributed by atoms with van der Waals surface area (Å²) in [6, 6.07) is 12.5. The second kappa shape index (κ2) is 11.6. The van der Waals surface area contributed by atoms with Gasteiger partial charge in [-0.1, -0.05) is 0 Å². The fraction of sp³-hybridized carbons (Fsp3) is 0.286. The van der Waals surface area contributed by atoms with Crippen molar-refractivity contribution in [3.8, 4) is 17.2 Å². The molecule has 0 aromatic heterocycles. The smallest absolute Gasteiger partial charge is 0.262 e. The van der Waals surface area contributed by atoms with Gasteiger partial charge >= 0.3 is 0 Å². The Balaban J connectivity index is 1.90. The number of carbonyl (C=O) groups is 1. The number of amides is 1. The first-order valence-electron chi connectivity index (χ1n) is 9.25. The van der Waals surface area contributed by atoms with Gasteiger partial charge in [0.1, 0.15) is 5.75 Å². The highest BCUT2D eigenvalue weighted by atomic mass is 32.1. The average Bonchev–Trinajstić information content (AvgIpc) is 2.72. The highest BCUT2D eigenvalue weighted by molar-refractivity contribution is 7.80. The number of anilines is 1. The summed E-state index contributed by atoms with van der Waals surface area (Å²) in [7, 11) is 3.11. The molecule has 2 aromatic rings. The molecule has 0 aliphatic heterocycles. The van der Waals surface area contributed by atoms with E-state index < -0.39 is 0 Å². The maximum Gasteiger partial charge on any atom is 0.262 e. The van der Waals surface area contributed by atoms with E-state index in [0.717, 1.165) is 5.56 Å². The molecule has 0 fully saturated rings. The quantitative estimate of drug-likeness (QED) is 0.320. The molecule has 0 aliphatic rings. The van der Waals surface area contributed by atoms with Crippen molar-refractivity contribution < 1.29 is 19.0 Å². The summed E-state index contributed by atoms with van der Waals surface area (Å²) in [4.78, 5) is 12.1. The number of hydrogen-bond donors (Lipinski definition) is 3. The summed E-state index contributed by atoms with van der Waals surface area (Å²) in [6.07, 6.45) is 1.61. The molecule has 9 heteroatoms. The van der Waals surface area contributed by atoms with Crippen molar-refractivity contribution in [1.82, 2.24) is 10.7 Å². The van der Waals surface area contributed by atoms with Gasteiger partial charge in [0.25, 0.3) is 5.91 Å². The van der Waals surface area contributed by atoms with Crippen LogP contribution in [0, 0.1) is 0 Å². The minimum Gasteiger partial charge on any atom is -0.497 e. The van der Waals surface area contributed by atoms with Crippen molar-refractivity contribution in [1.29, 1.82) is 0 Å². The lowest BCUT2D eigenvalue weighted by atomic mass is 10.2. The molecular weight excluding hydrogens is 404 g/mol. The van der Waals surface area contributed by atoms with Crippen molar-refractivity contribution in [3.63, 3.8) is 0 Å². The van der Waals surface area contributed by atoms with E-state index in [1.165, 1.54) is 7.11 Å². The molecule has 0 aliphatic carbocycles. The van der Waals surface area contributed by atoms with Crippen LogP contribution in [0.2, 0.25) is 0 Å². The number of rotatable bonds is 9. The first-order valence-corrected chi connectivity index (χ1v) is 9.66. The monoisotopic (exact) mass is 430 g/mol. The Morgan fingerprint density at radius 2 is 1.83 bits per heavy atom. The van der Waals surface area contributed by atoms with Crippen LogP contribution in [0.4, 0.5) is 5.69 Å². The summed E-state index contributed by atoms with van der Waals surface area (Å²) in [5.74, 6) is 1.36. The minimum atomic E-state index is -0.289. The van der Waals surface area contributed by atoms with Crippen molar-refractivity contribution in [2.45, 2.75) is 19.9 Å². The van der Waals surface area contributed by atoms with E-state index in [-0.39, 0.29) is 18.6 Å². The molecule has 160 valence electrons. The predicted molar refractivity (Wildman–Crippen MR) is 122 cm³/mol. The number of benzene rings is 2. The largest absolute Gasteiger partial charge is 0.497 e. The number of methoxy groups -OCH3 is 2. The van der Waals surface area contributed by atoms with Gasteiger partial charge in [-0.3, -0.25) is 10.2 Å². The highest BCUT2D eigenvalue weighted by Crippen LogP contribution is 2.27. The number of hydrazone groups is 1. The summed E-state index contributed by atoms with van der Waals surface area (Å²) in [6.45, 7) is 3.81. The molecule has 0 saturated carbocycles. The summed E-state index contributed by atoms with van der Waals surface area (Å²) in [5.41, 5.74) is 4.17. The standard InChI is InChI=1S/C21H26N4O4S/c1-14(2)23-21(30)25-22-12-15-5-10-18(19(11-15)28-4)29-13-20(26)24-16-6-8-17(27-3)9-7-16/h5-12,14H,13H2,1-4H3,(H,24,26)(H2,23,25,30). The molecule has 30 heavy (non-hydrogen) atoms. The van der Waals surface area contributed by atoms with Crippen LogP contribution in [-0.4, -0.2) is 44.1 Å². The third-order valence-corrected chi connectivity index (χ3v) is 3.93. The SMILES string of the molecule is COc1ccc(NC(=O)COc2ccc(C=NNC(=S)NC(C)C)cc2OC)cc1. The van der Waals surface area contributed by atoms with E-state index in [1.54, 1.807) is 55.8 Å². The molecule has 2 rings (SSSR count). The van der Waals surface area contributed by atoms with Crippen molar-refractivity contribution in [3.05, 3.63) is 48.0 Å². The molecule has 0 spiro atoms. The Morgan fingerprint density at radius 1 is 1.10 bits per heavy atom. The first kappa shape index (κ1) is 23.0. The number of carbonyl (C=O) groups excluding carboxylic acids is 1. The molecule has 0 bridgehead atoms. The summed E-state index contributed by atoms with van der Waals surface area (Å²) >= 11 is 5.11. The summed E-state index contributed by atoms with van der Waals surface area (Å²) in [5, 5.41) is 10.3. The van der Waals surface area contributed by atoms with Crippen LogP contribution in [0.25, 0.3) is 0 Å². The lowest BCUT2D eigenvalue weighted by molar-refractivity contribution is -0.118. The van der Waals surface area contributed by atoms with Gasteiger partial charge in [-0.2, -0.15) is 5.10 Å². The third kappa shape index (κ3) is 7.59. The van der Waals surface area contributed by atoms with E-state index >= 15 is 0 Å². The Bertz CT molecular complexity index is 885. The zero-order valence-electron chi connectivity index (χ0n) is 17.4. The molecule has 0 atom stereocenters. The van der Waals surface area contributed by atoms with E-state index in [4.69, 9.17) is 26.4 Å². The topological polar surface area (TPSA) is 93.2 Å². The maximum absolute atomic E-state index is 12.1. The van der Waals surface area contributed by atoms with Crippen LogP contribution in [0.1, 0.15) is 19.4 Å². The predicted octanol–water partition coefficient (Wildman–Crippen LogP) is 2.93. The van der Waals surface area contributed by atoms with E-state index in [2.05, 4.69) is 21.2 Å². The molecule has 2 aromatic carbocycles. The van der Waals surface area contributed by atoms with Crippen molar-refractivity contribution >= 4 is 35.1 Å². The van der Waals surface area contributed by atoms with Gasteiger partial charge in [0.05, 0.1) is 20.4 Å². The Morgan fingerprint density at radius 3 is 2.47 bits per heavy atom. The average molecular weight is 431 g/mol. The molecule has 0 unspecified atom stereocenters. The second-order valence-electron chi connectivity index (χ2n) is 6.47. The van der Waals surface area contributed by atoms with Gasteiger partial charge in [0.15, 0.2) is 23.2 Å². The Kier molecular flexibility index (Phi) is 8.89. The highest BCUT2D eigenvalue weighted by Gasteiger charge is 2.09. The van der Waals surface area contributed by atoms with Crippen LogP contribution in [0.5, 0.6) is 17.2 Å². The zero-order valence-corrected chi connectivity index (χ0v) is 18.2. The Hall–Kier alpha value is -3.33. The van der Waals surface area contributed by atoms with Crippen LogP contribution in [0.3, 0.4) is 0 Å². The number of hydrogen-bond acceptors (Lipinski definition) is 6. The Labute approximate surface area is 181 Å². The van der Waals surface area contributed by atoms with E-state index in [0.29, 0.717) is 28.0 Å². The van der Waals surface area contributed by atoms with Crippen LogP contribution < -0.4 is 30.3 Å². The van der Waals surface area contributed by atoms with Gasteiger partial charge in [0.2, 0.25) is 0 Å². The lowest BCUT2D eigenvalue weighted by Gasteiger charge is -2.12. The van der Waals surface area contributed by atoms with Crippen LogP contribution in [0.15, 0.2) is 47.6 Å². The molecule has 0 saturated heterocycles. The van der Waals surface area contributed by atoms with Crippen molar-refractivity contribution in [2.24, 2.45) is 5.10 Å². The fourth-order valence-electron chi connectivity index (χ4n) is 2.36. The molecule has 1 amide bonds. The second-order valence-corrected chi connectivity index (χ2v) is 6.88. The van der Waals surface area contributed by atoms with Gasteiger partial charge in [0, 0.05) is 11.7 Å². The number of ether oxygens (including phenoxy) is 3. The molecule has 3 N–H and O–H groups in total. The van der Waals surface area contributed by atoms with Crippen LogP contribution >= 0.6 is 12.2 Å². The molecule has 0 radical (unpaired) electrons. The number of nitrogens with one attached hydrogen (secondary N) is 3. The maximum atomic E-state index is 12.1. The number of thiocarbonyl (C=S) groups is 1. The van der Waals surface area contributed by atoms with Gasteiger partial charge in [-0.25, -0.2) is 0 Å². The molecular formula is C21H26N4O4S.